The first-order chi connectivity index (χ1) is 11.8. The van der Waals surface area contributed by atoms with Gasteiger partial charge in [-0.3, -0.25) is 4.79 Å². The largest absolute Gasteiger partial charge is 0.309 e. The van der Waals surface area contributed by atoms with Crippen molar-refractivity contribution >= 4 is 15.6 Å². The maximum absolute atomic E-state index is 13.2. The maximum atomic E-state index is 13.2. The number of Topliss-reactive ketones (excluding diaryl/α,β-unsaturated/α-hetero) is 1. The predicted molar refractivity (Wildman–Crippen MR) is 100 cm³/mol. The lowest BCUT2D eigenvalue weighted by atomic mass is 10.1. The van der Waals surface area contributed by atoms with Gasteiger partial charge in [-0.25, -0.2) is 8.42 Å². The number of carbonyl (C=O) groups excluding carboxylic acids is 1. The van der Waals surface area contributed by atoms with E-state index in [0.717, 1.165) is 5.56 Å². The number of aryl methyl sites for hydroxylation is 1. The molecule has 0 spiro atoms. The van der Waals surface area contributed by atoms with Crippen LogP contribution in [0, 0.1) is 6.92 Å². The second-order valence-electron chi connectivity index (χ2n) is 6.55. The lowest BCUT2D eigenvalue weighted by molar-refractivity contribution is -0.119. The molecule has 0 saturated carbocycles. The quantitative estimate of drug-likeness (QED) is 0.725. The maximum Gasteiger partial charge on any atom is 0.185 e. The van der Waals surface area contributed by atoms with E-state index >= 15 is 0 Å². The molecule has 0 unspecified atom stereocenters. The number of hydrogen-bond donors (Lipinski definition) is 0. The fourth-order valence-electron chi connectivity index (χ4n) is 2.62. The number of sulfone groups is 1. The monoisotopic (exact) mass is 359 g/mol. The SMILES string of the molecule is Cc1ccc(S(=O)(=O)[C@@H](CC(=O)CCN(C)C)c2ccccc2)cc1. The smallest absolute Gasteiger partial charge is 0.185 e. The highest BCUT2D eigenvalue weighted by Gasteiger charge is 2.31. The molecule has 1 atom stereocenters. The number of nitrogens with zero attached hydrogens (tertiary/aromatic N) is 1. The Morgan fingerprint density at radius 2 is 1.60 bits per heavy atom. The van der Waals surface area contributed by atoms with Gasteiger partial charge in [0.1, 0.15) is 5.78 Å². The van der Waals surface area contributed by atoms with Gasteiger partial charge in [0.15, 0.2) is 9.84 Å². The summed E-state index contributed by atoms with van der Waals surface area (Å²) in [6, 6.07) is 15.8. The highest BCUT2D eigenvalue weighted by molar-refractivity contribution is 7.91. The molecule has 25 heavy (non-hydrogen) atoms. The van der Waals surface area contributed by atoms with Crippen molar-refractivity contribution in [2.45, 2.75) is 29.9 Å². The molecule has 4 nitrogen and oxygen atoms in total. The molecular weight excluding hydrogens is 334 g/mol. The number of carbonyl (C=O) groups is 1. The second-order valence-corrected chi connectivity index (χ2v) is 8.68. The Bertz CT molecular complexity index is 797. The fraction of sp³-hybridized carbons (Fsp3) is 0.350. The van der Waals surface area contributed by atoms with E-state index in [1.807, 2.05) is 32.0 Å². The predicted octanol–water partition coefficient (Wildman–Crippen LogP) is 3.42. The van der Waals surface area contributed by atoms with Crippen LogP contribution < -0.4 is 0 Å². The molecule has 134 valence electrons. The van der Waals surface area contributed by atoms with Crippen LogP contribution >= 0.6 is 0 Å². The average molecular weight is 359 g/mol. The first kappa shape index (κ1) is 19.3. The molecule has 0 heterocycles. The zero-order chi connectivity index (χ0) is 18.4. The van der Waals surface area contributed by atoms with Crippen molar-refractivity contribution in [2.24, 2.45) is 0 Å². The Labute approximate surface area is 150 Å². The average Bonchev–Trinajstić information content (AvgIpc) is 2.59. The van der Waals surface area contributed by atoms with Gasteiger partial charge in [0.25, 0.3) is 0 Å². The summed E-state index contributed by atoms with van der Waals surface area (Å²) in [5, 5.41) is -0.855. The molecule has 0 saturated heterocycles. The first-order valence-electron chi connectivity index (χ1n) is 8.32. The fourth-order valence-corrected chi connectivity index (χ4v) is 4.39. The van der Waals surface area contributed by atoms with Crippen molar-refractivity contribution in [3.05, 3.63) is 65.7 Å². The van der Waals surface area contributed by atoms with Gasteiger partial charge in [-0.2, -0.15) is 0 Å². The topological polar surface area (TPSA) is 54.5 Å². The van der Waals surface area contributed by atoms with Crippen LogP contribution in [0.2, 0.25) is 0 Å². The van der Waals surface area contributed by atoms with E-state index in [2.05, 4.69) is 0 Å². The summed E-state index contributed by atoms with van der Waals surface area (Å²) in [5.41, 5.74) is 1.65. The molecular formula is C20H25NO3S. The van der Waals surface area contributed by atoms with E-state index in [4.69, 9.17) is 0 Å². The Hall–Kier alpha value is -1.98. The van der Waals surface area contributed by atoms with Crippen LogP contribution in [-0.4, -0.2) is 39.7 Å². The van der Waals surface area contributed by atoms with E-state index < -0.39 is 15.1 Å². The van der Waals surface area contributed by atoms with E-state index in [1.165, 1.54) is 0 Å². The molecule has 0 aliphatic carbocycles. The van der Waals surface area contributed by atoms with Crippen LogP contribution in [0.15, 0.2) is 59.5 Å². The summed E-state index contributed by atoms with van der Waals surface area (Å²) < 4.78 is 26.3. The van der Waals surface area contributed by atoms with Crippen LogP contribution in [-0.2, 0) is 14.6 Å². The van der Waals surface area contributed by atoms with Crippen molar-refractivity contribution in [2.75, 3.05) is 20.6 Å². The Balaban J connectivity index is 2.34. The Morgan fingerprint density at radius 1 is 1.00 bits per heavy atom. The molecule has 5 heteroatoms. The molecule has 0 amide bonds. The lowest BCUT2D eigenvalue weighted by Crippen LogP contribution is -2.21. The van der Waals surface area contributed by atoms with Crippen LogP contribution in [0.4, 0.5) is 0 Å². The normalized spacial score (nSPS) is 13.0. The molecule has 0 bridgehead atoms. The van der Waals surface area contributed by atoms with Crippen LogP contribution in [0.3, 0.4) is 0 Å². The minimum atomic E-state index is -3.64. The third-order valence-electron chi connectivity index (χ3n) is 4.15. The van der Waals surface area contributed by atoms with Gasteiger partial charge in [-0.15, -0.1) is 0 Å². The van der Waals surface area contributed by atoms with Gasteiger partial charge >= 0.3 is 0 Å². The van der Waals surface area contributed by atoms with E-state index in [-0.39, 0.29) is 17.1 Å². The first-order valence-corrected chi connectivity index (χ1v) is 9.87. The number of rotatable bonds is 8. The van der Waals surface area contributed by atoms with Gasteiger partial charge < -0.3 is 4.90 Å². The van der Waals surface area contributed by atoms with E-state index in [9.17, 15) is 13.2 Å². The molecule has 0 aliphatic rings. The highest BCUT2D eigenvalue weighted by atomic mass is 32.2. The minimum Gasteiger partial charge on any atom is -0.309 e. The summed E-state index contributed by atoms with van der Waals surface area (Å²) >= 11 is 0. The summed E-state index contributed by atoms with van der Waals surface area (Å²) in [7, 11) is 0.149. The van der Waals surface area contributed by atoms with Crippen molar-refractivity contribution < 1.29 is 13.2 Å². The van der Waals surface area contributed by atoms with Crippen molar-refractivity contribution in [3.63, 3.8) is 0 Å². The zero-order valence-corrected chi connectivity index (χ0v) is 15.8. The Kier molecular flexibility index (Phi) is 6.51. The van der Waals surface area contributed by atoms with Crippen LogP contribution in [0.5, 0.6) is 0 Å². The third-order valence-corrected chi connectivity index (χ3v) is 6.26. The molecule has 0 radical (unpaired) electrons. The molecule has 2 rings (SSSR count). The molecule has 0 fully saturated rings. The van der Waals surface area contributed by atoms with Crippen molar-refractivity contribution in [3.8, 4) is 0 Å². The number of hydrogen-bond acceptors (Lipinski definition) is 4. The van der Waals surface area contributed by atoms with Gasteiger partial charge in [0.2, 0.25) is 0 Å². The highest BCUT2D eigenvalue weighted by Crippen LogP contribution is 2.32. The summed E-state index contributed by atoms with van der Waals surface area (Å²) in [6.07, 6.45) is 0.341. The Morgan fingerprint density at radius 3 is 2.16 bits per heavy atom. The number of ketones is 1. The van der Waals surface area contributed by atoms with Gasteiger partial charge in [0, 0.05) is 19.4 Å². The summed E-state index contributed by atoms with van der Waals surface area (Å²) in [5.74, 6) is -0.0433. The molecule has 2 aromatic carbocycles. The molecule has 0 aliphatic heterocycles. The van der Waals surface area contributed by atoms with Gasteiger partial charge in [-0.05, 0) is 38.7 Å². The van der Waals surface area contributed by atoms with Crippen LogP contribution in [0.25, 0.3) is 0 Å². The molecule has 0 aromatic heterocycles. The lowest BCUT2D eigenvalue weighted by Gasteiger charge is -2.18. The van der Waals surface area contributed by atoms with Crippen molar-refractivity contribution in [1.29, 1.82) is 0 Å². The molecule has 0 N–H and O–H groups in total. The van der Waals surface area contributed by atoms with Gasteiger partial charge in [-0.1, -0.05) is 48.0 Å². The number of benzene rings is 2. The zero-order valence-electron chi connectivity index (χ0n) is 15.0. The summed E-state index contributed by atoms with van der Waals surface area (Å²) in [4.78, 5) is 14.5. The van der Waals surface area contributed by atoms with E-state index in [1.54, 1.807) is 48.5 Å². The third kappa shape index (κ3) is 5.25. The minimum absolute atomic E-state index is 0.00589. The van der Waals surface area contributed by atoms with Crippen LogP contribution in [0.1, 0.15) is 29.2 Å². The standard InChI is InChI=1S/C20H25NO3S/c1-16-9-11-19(12-10-16)25(23,24)20(17-7-5-4-6-8-17)15-18(22)13-14-21(2)3/h4-12,20H,13-15H2,1-3H3/t20-/m0/s1. The van der Waals surface area contributed by atoms with Crippen molar-refractivity contribution in [1.82, 2.24) is 4.90 Å². The summed E-state index contributed by atoms with van der Waals surface area (Å²) in [6.45, 7) is 2.53. The second kappa shape index (κ2) is 8.41. The van der Waals surface area contributed by atoms with E-state index in [0.29, 0.717) is 18.5 Å². The van der Waals surface area contributed by atoms with Gasteiger partial charge in [0.05, 0.1) is 10.1 Å². The molecule has 2 aromatic rings.